The molecule has 0 aromatic heterocycles. The van der Waals surface area contributed by atoms with Gasteiger partial charge in [0.2, 0.25) is 5.90 Å². The number of cyclic esters (lactones) is 1. The number of hydrogen-bond donors (Lipinski definition) is 0. The normalized spacial score (nSPS) is 14.7. The Bertz CT molecular complexity index is 1000. The van der Waals surface area contributed by atoms with Gasteiger partial charge in [0.15, 0.2) is 17.2 Å². The van der Waals surface area contributed by atoms with Crippen LogP contribution >= 0.6 is 27.5 Å². The highest BCUT2D eigenvalue weighted by molar-refractivity contribution is 9.10. The zero-order valence-corrected chi connectivity index (χ0v) is 16.6. The molecule has 2 aromatic rings. The van der Waals surface area contributed by atoms with Crippen molar-refractivity contribution in [2.45, 2.75) is 6.92 Å². The third kappa shape index (κ3) is 4.20. The molecule has 0 atom stereocenters. The number of hydrogen-bond acceptors (Lipinski definition) is 6. The molecule has 27 heavy (non-hydrogen) atoms. The molecule has 2 aromatic carbocycles. The van der Waals surface area contributed by atoms with Crippen LogP contribution in [0.1, 0.15) is 18.1 Å². The van der Waals surface area contributed by atoms with Gasteiger partial charge in [0.1, 0.15) is 0 Å². The van der Waals surface area contributed by atoms with Crippen molar-refractivity contribution >= 4 is 51.4 Å². The third-order valence-corrected chi connectivity index (χ3v) is 4.50. The van der Waals surface area contributed by atoms with Crippen LogP contribution in [0.5, 0.6) is 11.5 Å². The molecule has 0 bridgehead atoms. The summed E-state index contributed by atoms with van der Waals surface area (Å²) < 4.78 is 16.3. The average Bonchev–Trinajstić information content (AvgIpc) is 2.97. The molecular formula is C19H13BrClNO5. The summed E-state index contributed by atoms with van der Waals surface area (Å²) in [4.78, 5) is 27.6. The van der Waals surface area contributed by atoms with Gasteiger partial charge < -0.3 is 14.2 Å². The summed E-state index contributed by atoms with van der Waals surface area (Å²) in [6, 6.07) is 10.4. The molecule has 1 aliphatic rings. The van der Waals surface area contributed by atoms with E-state index >= 15 is 0 Å². The van der Waals surface area contributed by atoms with E-state index in [0.29, 0.717) is 11.1 Å². The lowest BCUT2D eigenvalue weighted by atomic mass is 10.1. The highest BCUT2D eigenvalue weighted by Crippen LogP contribution is 2.37. The van der Waals surface area contributed by atoms with Crippen LogP contribution in [0.15, 0.2) is 51.6 Å². The highest BCUT2D eigenvalue weighted by atomic mass is 79.9. The fourth-order valence-electron chi connectivity index (χ4n) is 2.38. The van der Waals surface area contributed by atoms with Crippen LogP contribution in [0.2, 0.25) is 5.02 Å². The number of aliphatic imine (C=N–C) groups is 1. The molecule has 6 nitrogen and oxygen atoms in total. The van der Waals surface area contributed by atoms with Crippen LogP contribution in [0, 0.1) is 0 Å². The largest absolute Gasteiger partial charge is 0.493 e. The quantitative estimate of drug-likeness (QED) is 0.393. The number of methoxy groups -OCH3 is 1. The molecule has 0 fully saturated rings. The Hall–Kier alpha value is -2.64. The zero-order valence-electron chi connectivity index (χ0n) is 14.3. The van der Waals surface area contributed by atoms with Crippen molar-refractivity contribution in [1.82, 2.24) is 0 Å². The first-order valence-electron chi connectivity index (χ1n) is 7.72. The van der Waals surface area contributed by atoms with E-state index < -0.39 is 11.9 Å². The Morgan fingerprint density at radius 2 is 2.04 bits per heavy atom. The molecule has 1 heterocycles. The van der Waals surface area contributed by atoms with Crippen LogP contribution in [0.4, 0.5) is 0 Å². The van der Waals surface area contributed by atoms with E-state index in [1.54, 1.807) is 12.1 Å². The summed E-state index contributed by atoms with van der Waals surface area (Å²) in [6.45, 7) is 1.26. The van der Waals surface area contributed by atoms with E-state index in [1.807, 2.05) is 18.2 Å². The van der Waals surface area contributed by atoms with Gasteiger partial charge in [0, 0.05) is 11.4 Å². The van der Waals surface area contributed by atoms with Gasteiger partial charge in [-0.05, 0) is 51.8 Å². The lowest BCUT2D eigenvalue weighted by molar-refractivity contribution is -0.132. The van der Waals surface area contributed by atoms with Gasteiger partial charge in [-0.3, -0.25) is 4.79 Å². The lowest BCUT2D eigenvalue weighted by Crippen LogP contribution is -2.06. The maximum absolute atomic E-state index is 12.2. The molecule has 0 amide bonds. The summed E-state index contributed by atoms with van der Waals surface area (Å²) in [5, 5.41) is 0.165. The molecular weight excluding hydrogens is 438 g/mol. The number of halogens is 2. The fraction of sp³-hybridized carbons (Fsp3) is 0.105. The van der Waals surface area contributed by atoms with Gasteiger partial charge in [0.25, 0.3) is 0 Å². The van der Waals surface area contributed by atoms with Crippen LogP contribution in [0.25, 0.3) is 6.08 Å². The third-order valence-electron chi connectivity index (χ3n) is 3.53. The first-order valence-corrected chi connectivity index (χ1v) is 8.89. The van der Waals surface area contributed by atoms with Gasteiger partial charge in [-0.2, -0.15) is 0 Å². The summed E-state index contributed by atoms with van der Waals surface area (Å²) in [7, 11) is 1.42. The van der Waals surface area contributed by atoms with Gasteiger partial charge in [0.05, 0.1) is 17.7 Å². The van der Waals surface area contributed by atoms with Crippen LogP contribution in [-0.2, 0) is 14.3 Å². The Balaban J connectivity index is 1.99. The Kier molecular flexibility index (Phi) is 5.62. The van der Waals surface area contributed by atoms with Crippen LogP contribution < -0.4 is 9.47 Å². The Labute approximate surface area is 168 Å². The minimum Gasteiger partial charge on any atom is -0.493 e. The predicted octanol–water partition coefficient (Wildman–Crippen LogP) is 4.38. The van der Waals surface area contributed by atoms with Gasteiger partial charge in [-0.1, -0.05) is 23.7 Å². The summed E-state index contributed by atoms with van der Waals surface area (Å²) in [5.74, 6) is -0.539. The SMILES string of the molecule is COc1cc(C=C2N=C(c3ccccc3Br)OC2=O)cc(Cl)c1OC(C)=O. The molecule has 1 aliphatic heterocycles. The molecule has 3 rings (SSSR count). The number of ether oxygens (including phenoxy) is 3. The molecule has 0 saturated carbocycles. The van der Waals surface area contributed by atoms with Crippen LogP contribution in [-0.4, -0.2) is 24.9 Å². The van der Waals surface area contributed by atoms with E-state index in [4.69, 9.17) is 25.8 Å². The smallest absolute Gasteiger partial charge is 0.363 e. The monoisotopic (exact) mass is 449 g/mol. The zero-order chi connectivity index (χ0) is 19.6. The summed E-state index contributed by atoms with van der Waals surface area (Å²) >= 11 is 9.58. The van der Waals surface area contributed by atoms with Crippen molar-refractivity contribution in [3.63, 3.8) is 0 Å². The topological polar surface area (TPSA) is 74.2 Å². The number of carbonyl (C=O) groups is 2. The molecule has 138 valence electrons. The second-order valence-corrected chi connectivity index (χ2v) is 6.71. The fourth-order valence-corrected chi connectivity index (χ4v) is 3.09. The van der Waals surface area contributed by atoms with E-state index in [-0.39, 0.29) is 28.1 Å². The second-order valence-electron chi connectivity index (χ2n) is 5.44. The Morgan fingerprint density at radius 3 is 2.70 bits per heavy atom. The van der Waals surface area contributed by atoms with Crippen molar-refractivity contribution in [2.75, 3.05) is 7.11 Å². The number of esters is 2. The van der Waals surface area contributed by atoms with E-state index in [1.165, 1.54) is 26.2 Å². The van der Waals surface area contributed by atoms with Crippen molar-refractivity contribution in [3.05, 3.63) is 62.7 Å². The molecule has 0 unspecified atom stereocenters. The molecule has 0 radical (unpaired) electrons. The van der Waals surface area contributed by atoms with Crippen molar-refractivity contribution in [1.29, 1.82) is 0 Å². The van der Waals surface area contributed by atoms with Crippen molar-refractivity contribution in [2.24, 2.45) is 4.99 Å². The van der Waals surface area contributed by atoms with E-state index in [2.05, 4.69) is 20.9 Å². The van der Waals surface area contributed by atoms with E-state index in [9.17, 15) is 9.59 Å². The molecule has 8 heteroatoms. The first-order chi connectivity index (χ1) is 12.9. The second kappa shape index (κ2) is 7.94. The maximum Gasteiger partial charge on any atom is 0.363 e. The molecule has 0 N–H and O–H groups in total. The number of carbonyl (C=O) groups excluding carboxylic acids is 2. The number of rotatable bonds is 4. The van der Waals surface area contributed by atoms with Crippen LogP contribution in [0.3, 0.4) is 0 Å². The minimum atomic E-state index is -0.583. The predicted molar refractivity (Wildman–Crippen MR) is 104 cm³/mol. The standard InChI is InChI=1S/C19H13BrClNO5/c1-10(23)26-17-14(21)7-11(9-16(17)25-2)8-15-19(24)27-18(22-15)12-5-3-4-6-13(12)20/h3-9H,1-2H3. The highest BCUT2D eigenvalue weighted by Gasteiger charge is 2.25. The van der Waals surface area contributed by atoms with Crippen molar-refractivity contribution < 1.29 is 23.8 Å². The molecule has 0 saturated heterocycles. The minimum absolute atomic E-state index is 0.110. The maximum atomic E-state index is 12.2. The average molecular weight is 451 g/mol. The van der Waals surface area contributed by atoms with Gasteiger partial charge in [-0.15, -0.1) is 0 Å². The Morgan fingerprint density at radius 1 is 1.30 bits per heavy atom. The summed E-state index contributed by atoms with van der Waals surface area (Å²) in [6.07, 6.45) is 1.51. The van der Waals surface area contributed by atoms with E-state index in [0.717, 1.165) is 4.47 Å². The molecule has 0 spiro atoms. The summed E-state index contributed by atoms with van der Waals surface area (Å²) in [5.41, 5.74) is 1.31. The number of benzene rings is 2. The van der Waals surface area contributed by atoms with Gasteiger partial charge in [-0.25, -0.2) is 9.79 Å². The molecule has 0 aliphatic carbocycles. The van der Waals surface area contributed by atoms with Gasteiger partial charge >= 0.3 is 11.9 Å². The van der Waals surface area contributed by atoms with Crippen molar-refractivity contribution in [3.8, 4) is 11.5 Å². The first kappa shape index (κ1) is 19.1. The lowest BCUT2D eigenvalue weighted by Gasteiger charge is -2.10. The number of nitrogens with zero attached hydrogens (tertiary/aromatic N) is 1.